The maximum atomic E-state index is 12.9. The highest BCUT2D eigenvalue weighted by atomic mass is 16.5. The predicted molar refractivity (Wildman–Crippen MR) is 98.1 cm³/mol. The fraction of sp³-hybridized carbons (Fsp3) is 0.579. The van der Waals surface area contributed by atoms with E-state index in [0.29, 0.717) is 42.9 Å². The summed E-state index contributed by atoms with van der Waals surface area (Å²) in [5, 5.41) is 6.74. The van der Waals surface area contributed by atoms with E-state index in [2.05, 4.69) is 15.2 Å². The first kappa shape index (κ1) is 17.8. The highest BCUT2D eigenvalue weighted by Crippen LogP contribution is 2.49. The number of carbonyl (C=O) groups is 1. The van der Waals surface area contributed by atoms with Gasteiger partial charge in [0, 0.05) is 26.2 Å². The summed E-state index contributed by atoms with van der Waals surface area (Å²) in [4.78, 5) is 30.6. The summed E-state index contributed by atoms with van der Waals surface area (Å²) in [7, 11) is 1.72. The molecular weight excluding hydrogens is 346 g/mol. The Labute approximate surface area is 157 Å². The van der Waals surface area contributed by atoms with E-state index >= 15 is 0 Å². The molecule has 4 rings (SSSR count). The van der Waals surface area contributed by atoms with Crippen LogP contribution in [0.2, 0.25) is 0 Å². The molecule has 1 aliphatic carbocycles. The third-order valence-corrected chi connectivity index (χ3v) is 5.61. The number of likely N-dealkylation sites (tertiary alicyclic amines) is 1. The topological polar surface area (TPSA) is 93.1 Å². The number of nitrogens with zero attached hydrogens (tertiary/aromatic N) is 4. The zero-order valence-corrected chi connectivity index (χ0v) is 15.5. The third kappa shape index (κ3) is 3.74. The van der Waals surface area contributed by atoms with Crippen LogP contribution < -0.4 is 10.4 Å². The number of nitrogens with one attached hydrogen (secondary N) is 1. The zero-order valence-electron chi connectivity index (χ0n) is 15.5. The molecule has 1 saturated carbocycles. The summed E-state index contributed by atoms with van der Waals surface area (Å²) in [6.45, 7) is 1.21. The Morgan fingerprint density at radius 2 is 2.22 bits per heavy atom. The molecule has 0 spiro atoms. The van der Waals surface area contributed by atoms with Gasteiger partial charge in [0.25, 0.3) is 0 Å². The van der Waals surface area contributed by atoms with Crippen LogP contribution >= 0.6 is 0 Å². The second-order valence-corrected chi connectivity index (χ2v) is 7.41. The van der Waals surface area contributed by atoms with Gasteiger partial charge in [-0.25, -0.2) is 9.89 Å². The largest absolute Gasteiger partial charge is 0.492 e. The van der Waals surface area contributed by atoms with Crippen LogP contribution in [0, 0.1) is 11.8 Å². The van der Waals surface area contributed by atoms with E-state index in [1.54, 1.807) is 19.4 Å². The standard InChI is InChI=1S/C19H25N5O3/c1-23-18(21-22-19(23)26)17-15(13-6-7-13)8-10-24(17)16(25)5-3-11-27-14-4-2-9-20-12-14/h2,4,9,12-13,15,17H,3,5-8,10-11H2,1H3,(H,22,26). The number of carbonyl (C=O) groups excluding carboxylic acids is 1. The number of pyridine rings is 1. The van der Waals surface area contributed by atoms with E-state index in [0.717, 1.165) is 13.0 Å². The van der Waals surface area contributed by atoms with Gasteiger partial charge in [0.2, 0.25) is 5.91 Å². The van der Waals surface area contributed by atoms with Crippen molar-refractivity contribution in [3.8, 4) is 5.75 Å². The minimum absolute atomic E-state index is 0.104. The molecule has 1 amide bonds. The Morgan fingerprint density at radius 3 is 2.89 bits per heavy atom. The Hall–Kier alpha value is -2.64. The van der Waals surface area contributed by atoms with E-state index in [4.69, 9.17) is 4.74 Å². The van der Waals surface area contributed by atoms with Crippen LogP contribution in [0.5, 0.6) is 5.75 Å². The molecule has 0 bridgehead atoms. The van der Waals surface area contributed by atoms with Crippen molar-refractivity contribution >= 4 is 5.91 Å². The Bertz CT molecular complexity index is 843. The van der Waals surface area contributed by atoms with Crippen molar-refractivity contribution in [2.45, 2.75) is 38.1 Å². The van der Waals surface area contributed by atoms with E-state index < -0.39 is 0 Å². The lowest BCUT2D eigenvalue weighted by Gasteiger charge is -2.27. The number of hydrogen-bond donors (Lipinski definition) is 1. The number of ether oxygens (including phenoxy) is 1. The summed E-state index contributed by atoms with van der Waals surface area (Å²) >= 11 is 0. The van der Waals surface area contributed by atoms with E-state index in [1.807, 2.05) is 17.0 Å². The van der Waals surface area contributed by atoms with Gasteiger partial charge in [-0.3, -0.25) is 14.3 Å². The van der Waals surface area contributed by atoms with E-state index in [1.165, 1.54) is 17.4 Å². The molecule has 8 nitrogen and oxygen atoms in total. The highest BCUT2D eigenvalue weighted by Gasteiger charge is 2.47. The first-order valence-corrected chi connectivity index (χ1v) is 9.58. The number of aromatic amines is 1. The fourth-order valence-corrected chi connectivity index (χ4v) is 4.06. The average Bonchev–Trinajstić information content (AvgIpc) is 3.36. The Balaban J connectivity index is 1.39. The SMILES string of the molecule is Cn1c(C2C(C3CC3)CCN2C(=O)CCCOc2cccnc2)n[nH]c1=O. The van der Waals surface area contributed by atoms with Gasteiger partial charge >= 0.3 is 5.69 Å². The van der Waals surface area contributed by atoms with E-state index in [-0.39, 0.29) is 17.6 Å². The van der Waals surface area contributed by atoms with E-state index in [9.17, 15) is 9.59 Å². The number of amides is 1. The minimum Gasteiger partial charge on any atom is -0.492 e. The molecule has 1 N–H and O–H groups in total. The third-order valence-electron chi connectivity index (χ3n) is 5.61. The predicted octanol–water partition coefficient (Wildman–Crippen LogP) is 1.66. The molecule has 27 heavy (non-hydrogen) atoms. The first-order chi connectivity index (χ1) is 13.1. The summed E-state index contributed by atoms with van der Waals surface area (Å²) in [6, 6.07) is 3.57. The van der Waals surface area contributed by atoms with Gasteiger partial charge in [0.05, 0.1) is 18.8 Å². The molecule has 2 fully saturated rings. The van der Waals surface area contributed by atoms with Gasteiger partial charge in [0.1, 0.15) is 5.75 Å². The number of rotatable bonds is 7. The molecule has 1 aliphatic heterocycles. The molecule has 1 saturated heterocycles. The van der Waals surface area contributed by atoms with Gasteiger partial charge in [-0.1, -0.05) is 0 Å². The van der Waals surface area contributed by atoms with Crippen LogP contribution in [-0.2, 0) is 11.8 Å². The van der Waals surface area contributed by atoms with Crippen LogP contribution in [0.15, 0.2) is 29.3 Å². The molecular formula is C19H25N5O3. The molecule has 8 heteroatoms. The molecule has 2 atom stereocenters. The van der Waals surface area contributed by atoms with Gasteiger partial charge in [-0.2, -0.15) is 5.10 Å². The molecule has 2 unspecified atom stereocenters. The normalized spacial score (nSPS) is 22.2. The second-order valence-electron chi connectivity index (χ2n) is 7.41. The molecule has 0 aromatic carbocycles. The molecule has 2 aromatic heterocycles. The number of aromatic nitrogens is 4. The maximum Gasteiger partial charge on any atom is 0.343 e. The van der Waals surface area contributed by atoms with Crippen molar-refractivity contribution in [1.29, 1.82) is 0 Å². The smallest absolute Gasteiger partial charge is 0.343 e. The lowest BCUT2D eigenvalue weighted by molar-refractivity contribution is -0.133. The minimum atomic E-state index is -0.233. The van der Waals surface area contributed by atoms with Crippen LogP contribution in [-0.4, -0.2) is 43.7 Å². The number of hydrogen-bond acceptors (Lipinski definition) is 5. The van der Waals surface area contributed by atoms with Gasteiger partial charge < -0.3 is 9.64 Å². The van der Waals surface area contributed by atoms with Crippen molar-refractivity contribution in [1.82, 2.24) is 24.6 Å². The van der Waals surface area contributed by atoms with Crippen molar-refractivity contribution in [2.75, 3.05) is 13.2 Å². The van der Waals surface area contributed by atoms with Gasteiger partial charge in [-0.05, 0) is 49.7 Å². The van der Waals surface area contributed by atoms with Crippen molar-refractivity contribution < 1.29 is 9.53 Å². The first-order valence-electron chi connectivity index (χ1n) is 9.58. The summed E-state index contributed by atoms with van der Waals surface area (Å²) < 4.78 is 7.17. The quantitative estimate of drug-likeness (QED) is 0.747. The van der Waals surface area contributed by atoms with Crippen molar-refractivity contribution in [3.05, 3.63) is 40.8 Å². The lowest BCUT2D eigenvalue weighted by Crippen LogP contribution is -2.34. The average molecular weight is 371 g/mol. The monoisotopic (exact) mass is 371 g/mol. The van der Waals surface area contributed by atoms with Gasteiger partial charge in [-0.15, -0.1) is 0 Å². The van der Waals surface area contributed by atoms with Gasteiger partial charge in [0.15, 0.2) is 5.82 Å². The second kappa shape index (κ2) is 7.54. The summed E-state index contributed by atoms with van der Waals surface area (Å²) in [5.41, 5.74) is -0.233. The maximum absolute atomic E-state index is 12.9. The number of H-pyrrole nitrogens is 1. The van der Waals surface area contributed by atoms with Crippen molar-refractivity contribution in [2.24, 2.45) is 18.9 Å². The summed E-state index contributed by atoms with van der Waals surface area (Å²) in [6.07, 6.45) is 7.82. The Morgan fingerprint density at radius 1 is 1.37 bits per heavy atom. The molecule has 2 aromatic rings. The van der Waals surface area contributed by atoms with Crippen LogP contribution in [0.1, 0.15) is 44.0 Å². The van der Waals surface area contributed by atoms with Crippen LogP contribution in [0.4, 0.5) is 0 Å². The molecule has 0 radical (unpaired) electrons. The zero-order chi connectivity index (χ0) is 18.8. The van der Waals surface area contributed by atoms with Crippen LogP contribution in [0.3, 0.4) is 0 Å². The molecule has 3 heterocycles. The van der Waals surface area contributed by atoms with Crippen LogP contribution in [0.25, 0.3) is 0 Å². The van der Waals surface area contributed by atoms with Crippen molar-refractivity contribution in [3.63, 3.8) is 0 Å². The highest BCUT2D eigenvalue weighted by molar-refractivity contribution is 5.77. The Kier molecular flexibility index (Phi) is 4.96. The summed E-state index contributed by atoms with van der Waals surface area (Å²) in [5.74, 6) is 2.54. The molecule has 2 aliphatic rings. The fourth-order valence-electron chi connectivity index (χ4n) is 4.06. The lowest BCUT2D eigenvalue weighted by atomic mass is 9.94. The molecule has 144 valence electrons.